The molecule has 0 spiro atoms. The lowest BCUT2D eigenvalue weighted by Gasteiger charge is -2.25. The molecule has 1 unspecified atom stereocenters. The van der Waals surface area contributed by atoms with Crippen molar-refractivity contribution < 1.29 is 8.42 Å². The van der Waals surface area contributed by atoms with E-state index in [0.29, 0.717) is 6.42 Å². The van der Waals surface area contributed by atoms with Crippen molar-refractivity contribution in [3.05, 3.63) is 34.9 Å². The highest BCUT2D eigenvalue weighted by Gasteiger charge is 2.17. The molecule has 0 saturated carbocycles. The van der Waals surface area contributed by atoms with E-state index in [-0.39, 0.29) is 17.2 Å². The van der Waals surface area contributed by atoms with E-state index in [1.807, 2.05) is 24.3 Å². The van der Waals surface area contributed by atoms with E-state index in [2.05, 4.69) is 26.1 Å². The summed E-state index contributed by atoms with van der Waals surface area (Å²) in [4.78, 5) is 0. The number of hydrogen-bond donors (Lipinski definition) is 1. The van der Waals surface area contributed by atoms with Crippen molar-refractivity contribution in [2.45, 2.75) is 39.2 Å². The lowest BCUT2D eigenvalue weighted by atomic mass is 9.95. The van der Waals surface area contributed by atoms with Gasteiger partial charge in [0.1, 0.15) is 9.84 Å². The monoisotopic (exact) mass is 331 g/mol. The molecule has 120 valence electrons. The normalized spacial score (nSPS) is 14.1. The Bertz CT molecular complexity index is 550. The molecule has 1 aromatic carbocycles. The molecule has 0 saturated heterocycles. The molecule has 0 aromatic heterocycles. The van der Waals surface area contributed by atoms with E-state index >= 15 is 0 Å². The van der Waals surface area contributed by atoms with Crippen molar-refractivity contribution in [3.63, 3.8) is 0 Å². The number of halogens is 1. The average Bonchev–Trinajstić information content (AvgIpc) is 2.33. The van der Waals surface area contributed by atoms with Gasteiger partial charge in [-0.25, -0.2) is 8.42 Å². The van der Waals surface area contributed by atoms with Crippen LogP contribution in [-0.4, -0.2) is 32.5 Å². The second kappa shape index (κ2) is 7.61. The summed E-state index contributed by atoms with van der Waals surface area (Å²) in [6.07, 6.45) is 2.72. The number of rotatable bonds is 7. The van der Waals surface area contributed by atoms with Gasteiger partial charge in [0.15, 0.2) is 0 Å². The summed E-state index contributed by atoms with van der Waals surface area (Å²) >= 11 is 6.21. The van der Waals surface area contributed by atoms with Crippen LogP contribution in [0.5, 0.6) is 0 Å². The second-order valence-electron chi connectivity index (χ2n) is 6.71. The number of sulfone groups is 1. The SMILES string of the molecule is CC(C)(C)NCC(CCS(C)(=O)=O)Cc1ccccc1Cl. The first-order chi connectivity index (χ1) is 9.57. The highest BCUT2D eigenvalue weighted by molar-refractivity contribution is 7.90. The third kappa shape index (κ3) is 8.44. The van der Waals surface area contributed by atoms with Crippen LogP contribution in [0.2, 0.25) is 5.02 Å². The average molecular weight is 332 g/mol. The Kier molecular flexibility index (Phi) is 6.70. The maximum Gasteiger partial charge on any atom is 0.147 e. The van der Waals surface area contributed by atoms with E-state index < -0.39 is 9.84 Å². The molecule has 0 amide bonds. The van der Waals surface area contributed by atoms with Crippen LogP contribution in [0.25, 0.3) is 0 Å². The molecule has 1 rings (SSSR count). The zero-order valence-corrected chi connectivity index (χ0v) is 14.9. The van der Waals surface area contributed by atoms with Crippen molar-refractivity contribution in [2.75, 3.05) is 18.6 Å². The first-order valence-corrected chi connectivity index (χ1v) is 9.67. The molecule has 0 bridgehead atoms. The van der Waals surface area contributed by atoms with Crippen LogP contribution in [0.15, 0.2) is 24.3 Å². The summed E-state index contributed by atoms with van der Waals surface area (Å²) in [6, 6.07) is 7.76. The Morgan fingerprint density at radius 2 is 1.86 bits per heavy atom. The molecular weight excluding hydrogens is 306 g/mol. The van der Waals surface area contributed by atoms with E-state index in [0.717, 1.165) is 23.6 Å². The van der Waals surface area contributed by atoms with Gasteiger partial charge in [0.2, 0.25) is 0 Å². The van der Waals surface area contributed by atoms with Gasteiger partial charge >= 0.3 is 0 Å². The maximum atomic E-state index is 11.4. The standard InChI is InChI=1S/C16H26ClNO2S/c1-16(2,3)18-12-13(9-10-21(4,19)20)11-14-7-5-6-8-15(14)17/h5-8,13,18H,9-12H2,1-4H3. The second-order valence-corrected chi connectivity index (χ2v) is 9.38. The zero-order chi connectivity index (χ0) is 16.1. The minimum Gasteiger partial charge on any atom is -0.312 e. The van der Waals surface area contributed by atoms with E-state index in [1.165, 1.54) is 6.26 Å². The molecular formula is C16H26ClNO2S. The first kappa shape index (κ1) is 18.5. The lowest BCUT2D eigenvalue weighted by molar-refractivity contribution is 0.363. The fraction of sp³-hybridized carbons (Fsp3) is 0.625. The fourth-order valence-electron chi connectivity index (χ4n) is 2.08. The Hall–Kier alpha value is -0.580. The summed E-state index contributed by atoms with van der Waals surface area (Å²) < 4.78 is 22.8. The van der Waals surface area contributed by atoms with Crippen LogP contribution < -0.4 is 5.32 Å². The van der Waals surface area contributed by atoms with Gasteiger partial charge in [0, 0.05) is 16.8 Å². The van der Waals surface area contributed by atoms with Crippen LogP contribution >= 0.6 is 11.6 Å². The summed E-state index contributed by atoms with van der Waals surface area (Å²) in [6.45, 7) is 7.10. The molecule has 0 aliphatic carbocycles. The number of hydrogen-bond acceptors (Lipinski definition) is 3. The van der Waals surface area contributed by atoms with Crippen molar-refractivity contribution in [3.8, 4) is 0 Å². The third-order valence-corrected chi connectivity index (χ3v) is 4.63. The predicted molar refractivity (Wildman–Crippen MR) is 90.7 cm³/mol. The topological polar surface area (TPSA) is 46.2 Å². The number of benzene rings is 1. The third-order valence-electron chi connectivity index (χ3n) is 3.28. The van der Waals surface area contributed by atoms with Crippen molar-refractivity contribution in [1.29, 1.82) is 0 Å². The molecule has 21 heavy (non-hydrogen) atoms. The summed E-state index contributed by atoms with van der Waals surface area (Å²) in [5.74, 6) is 0.465. The fourth-order valence-corrected chi connectivity index (χ4v) is 3.06. The van der Waals surface area contributed by atoms with Crippen molar-refractivity contribution in [2.24, 2.45) is 5.92 Å². The summed E-state index contributed by atoms with van der Waals surface area (Å²) in [5, 5.41) is 4.21. The molecule has 1 atom stereocenters. The molecule has 1 aromatic rings. The van der Waals surface area contributed by atoms with Crippen molar-refractivity contribution in [1.82, 2.24) is 5.32 Å². The molecule has 0 aliphatic rings. The quantitative estimate of drug-likeness (QED) is 0.833. The van der Waals surface area contributed by atoms with Gasteiger partial charge < -0.3 is 5.32 Å². The Balaban J connectivity index is 2.73. The zero-order valence-electron chi connectivity index (χ0n) is 13.3. The highest BCUT2D eigenvalue weighted by Crippen LogP contribution is 2.21. The molecule has 1 N–H and O–H groups in total. The molecule has 5 heteroatoms. The van der Waals surface area contributed by atoms with Gasteiger partial charge in [-0.15, -0.1) is 0 Å². The Morgan fingerprint density at radius 3 is 2.38 bits per heavy atom. The Labute approximate surface area is 134 Å². The summed E-state index contributed by atoms with van der Waals surface area (Å²) in [7, 11) is -2.94. The van der Waals surface area contributed by atoms with Gasteiger partial charge in [-0.05, 0) is 57.7 Å². The number of nitrogens with one attached hydrogen (secondary N) is 1. The van der Waals surface area contributed by atoms with Gasteiger partial charge in [0.05, 0.1) is 5.75 Å². The van der Waals surface area contributed by atoms with Gasteiger partial charge in [-0.2, -0.15) is 0 Å². The minimum absolute atomic E-state index is 0.0177. The molecule has 0 radical (unpaired) electrons. The lowest BCUT2D eigenvalue weighted by Crippen LogP contribution is -2.40. The van der Waals surface area contributed by atoms with E-state index in [1.54, 1.807) is 0 Å². The smallest absolute Gasteiger partial charge is 0.147 e. The van der Waals surface area contributed by atoms with Crippen LogP contribution in [0.4, 0.5) is 0 Å². The molecule has 0 aliphatic heterocycles. The van der Waals surface area contributed by atoms with Crippen LogP contribution in [0, 0.1) is 5.92 Å². The Morgan fingerprint density at radius 1 is 1.24 bits per heavy atom. The highest BCUT2D eigenvalue weighted by atomic mass is 35.5. The van der Waals surface area contributed by atoms with Crippen LogP contribution in [-0.2, 0) is 16.3 Å². The predicted octanol–water partition coefficient (Wildman–Crippen LogP) is 3.32. The molecule has 3 nitrogen and oxygen atoms in total. The first-order valence-electron chi connectivity index (χ1n) is 7.23. The minimum atomic E-state index is -2.94. The van der Waals surface area contributed by atoms with Gasteiger partial charge in [-0.1, -0.05) is 29.8 Å². The maximum absolute atomic E-state index is 11.4. The van der Waals surface area contributed by atoms with E-state index in [9.17, 15) is 8.42 Å². The summed E-state index contributed by atoms with van der Waals surface area (Å²) in [5.41, 5.74) is 1.09. The molecule has 0 heterocycles. The van der Waals surface area contributed by atoms with E-state index in [4.69, 9.17) is 11.6 Å². The largest absolute Gasteiger partial charge is 0.312 e. The van der Waals surface area contributed by atoms with Gasteiger partial charge in [-0.3, -0.25) is 0 Å². The van der Waals surface area contributed by atoms with Crippen molar-refractivity contribution >= 4 is 21.4 Å². The van der Waals surface area contributed by atoms with Crippen LogP contribution in [0.3, 0.4) is 0 Å². The molecule has 0 fully saturated rings. The van der Waals surface area contributed by atoms with Crippen LogP contribution in [0.1, 0.15) is 32.8 Å². The van der Waals surface area contributed by atoms with Gasteiger partial charge in [0.25, 0.3) is 0 Å².